The van der Waals surface area contributed by atoms with Crippen molar-refractivity contribution in [2.75, 3.05) is 11.9 Å². The van der Waals surface area contributed by atoms with Crippen LogP contribution in [-0.4, -0.2) is 32.7 Å². The van der Waals surface area contributed by atoms with Gasteiger partial charge in [-0.1, -0.05) is 53.8 Å². The fourth-order valence-electron chi connectivity index (χ4n) is 2.41. The number of phenolic OH excluding ortho intramolecular Hbond substituents is 1. The van der Waals surface area contributed by atoms with Crippen LogP contribution >= 0.6 is 35.6 Å². The SMILES string of the molecule is O=C(CCN1C(=O)C(=Cc2ccccc2Cl)SC1=S)Nc1ccc(O)cc1. The van der Waals surface area contributed by atoms with Crippen LogP contribution in [-0.2, 0) is 9.59 Å². The highest BCUT2D eigenvalue weighted by atomic mass is 35.5. The van der Waals surface area contributed by atoms with E-state index in [4.69, 9.17) is 23.8 Å². The molecule has 0 aromatic heterocycles. The summed E-state index contributed by atoms with van der Waals surface area (Å²) in [6, 6.07) is 13.4. The molecule has 2 aromatic carbocycles. The Labute approximate surface area is 171 Å². The zero-order chi connectivity index (χ0) is 19.4. The number of hydrogen-bond donors (Lipinski definition) is 2. The van der Waals surface area contributed by atoms with Crippen molar-refractivity contribution in [3.63, 3.8) is 0 Å². The van der Waals surface area contributed by atoms with E-state index in [1.165, 1.54) is 28.8 Å². The maximum absolute atomic E-state index is 12.6. The fourth-order valence-corrected chi connectivity index (χ4v) is 3.90. The van der Waals surface area contributed by atoms with Crippen LogP contribution in [0, 0.1) is 0 Å². The Morgan fingerprint density at radius 3 is 2.63 bits per heavy atom. The van der Waals surface area contributed by atoms with Gasteiger partial charge in [-0.2, -0.15) is 0 Å². The standard InChI is InChI=1S/C19H15ClN2O3S2/c20-15-4-2-1-3-12(15)11-16-18(25)22(19(26)27-16)10-9-17(24)21-13-5-7-14(23)8-6-13/h1-8,11,23H,9-10H2,(H,21,24). The number of nitrogens with one attached hydrogen (secondary N) is 1. The molecule has 0 unspecified atom stereocenters. The van der Waals surface area contributed by atoms with Crippen LogP contribution in [0.2, 0.25) is 5.02 Å². The van der Waals surface area contributed by atoms with E-state index in [2.05, 4.69) is 5.32 Å². The van der Waals surface area contributed by atoms with Crippen LogP contribution in [0.5, 0.6) is 5.75 Å². The number of carbonyl (C=O) groups is 2. The molecule has 1 aliphatic rings. The highest BCUT2D eigenvalue weighted by Crippen LogP contribution is 2.33. The smallest absolute Gasteiger partial charge is 0.266 e. The second kappa shape index (κ2) is 8.56. The van der Waals surface area contributed by atoms with Gasteiger partial charge < -0.3 is 10.4 Å². The van der Waals surface area contributed by atoms with E-state index in [9.17, 15) is 14.7 Å². The molecule has 0 radical (unpaired) electrons. The van der Waals surface area contributed by atoms with Crippen molar-refractivity contribution in [3.8, 4) is 5.75 Å². The number of carbonyl (C=O) groups excluding carboxylic acids is 2. The number of benzene rings is 2. The lowest BCUT2D eigenvalue weighted by molar-refractivity contribution is -0.122. The van der Waals surface area contributed by atoms with E-state index in [0.29, 0.717) is 19.9 Å². The minimum atomic E-state index is -0.246. The quantitative estimate of drug-likeness (QED) is 0.431. The van der Waals surface area contributed by atoms with Crippen LogP contribution in [0.1, 0.15) is 12.0 Å². The largest absolute Gasteiger partial charge is 0.508 e. The Hall–Kier alpha value is -2.35. The van der Waals surface area contributed by atoms with Gasteiger partial charge in [-0.15, -0.1) is 0 Å². The van der Waals surface area contributed by atoms with Crippen molar-refractivity contribution in [2.45, 2.75) is 6.42 Å². The van der Waals surface area contributed by atoms with Gasteiger partial charge in [0.25, 0.3) is 5.91 Å². The second-order valence-corrected chi connectivity index (χ2v) is 7.78. The second-order valence-electron chi connectivity index (χ2n) is 5.70. The zero-order valence-corrected chi connectivity index (χ0v) is 16.4. The topological polar surface area (TPSA) is 69.6 Å². The molecule has 3 rings (SSSR count). The number of rotatable bonds is 5. The lowest BCUT2D eigenvalue weighted by Crippen LogP contribution is -2.31. The van der Waals surface area contributed by atoms with Crippen molar-refractivity contribution >= 4 is 63.5 Å². The maximum atomic E-state index is 12.6. The highest BCUT2D eigenvalue weighted by Gasteiger charge is 2.32. The van der Waals surface area contributed by atoms with Gasteiger partial charge in [0, 0.05) is 23.7 Å². The molecule has 1 saturated heterocycles. The molecule has 2 N–H and O–H groups in total. The van der Waals surface area contributed by atoms with Crippen molar-refractivity contribution in [2.24, 2.45) is 0 Å². The normalized spacial score (nSPS) is 15.4. The lowest BCUT2D eigenvalue weighted by Gasteiger charge is -2.14. The summed E-state index contributed by atoms with van der Waals surface area (Å²) in [4.78, 5) is 26.6. The van der Waals surface area contributed by atoms with E-state index in [0.717, 1.165) is 5.56 Å². The molecule has 2 aromatic rings. The number of thiocarbonyl (C=S) groups is 1. The van der Waals surface area contributed by atoms with Crippen LogP contribution < -0.4 is 5.32 Å². The van der Waals surface area contributed by atoms with Crippen molar-refractivity contribution < 1.29 is 14.7 Å². The molecule has 0 atom stereocenters. The first kappa shape index (κ1) is 19.4. The van der Waals surface area contributed by atoms with E-state index in [1.54, 1.807) is 24.3 Å². The predicted octanol–water partition coefficient (Wildman–Crippen LogP) is 4.28. The number of hydrogen-bond acceptors (Lipinski definition) is 5. The molecule has 1 aliphatic heterocycles. The number of halogens is 1. The molecule has 2 amide bonds. The zero-order valence-electron chi connectivity index (χ0n) is 14.0. The number of nitrogens with zero attached hydrogens (tertiary/aromatic N) is 1. The van der Waals surface area contributed by atoms with Gasteiger partial charge >= 0.3 is 0 Å². The molecule has 138 valence electrons. The monoisotopic (exact) mass is 418 g/mol. The summed E-state index contributed by atoms with van der Waals surface area (Å²) in [6.45, 7) is 0.189. The Morgan fingerprint density at radius 1 is 1.22 bits per heavy atom. The summed E-state index contributed by atoms with van der Waals surface area (Å²) in [5.74, 6) is -0.358. The van der Waals surface area contributed by atoms with Gasteiger partial charge in [-0.3, -0.25) is 14.5 Å². The van der Waals surface area contributed by atoms with Crippen molar-refractivity contribution in [1.82, 2.24) is 4.90 Å². The summed E-state index contributed by atoms with van der Waals surface area (Å²) >= 11 is 12.6. The molecular formula is C19H15ClN2O3S2. The Kier molecular flexibility index (Phi) is 6.15. The number of aromatic hydroxyl groups is 1. The maximum Gasteiger partial charge on any atom is 0.266 e. The van der Waals surface area contributed by atoms with Crippen LogP contribution in [0.25, 0.3) is 6.08 Å². The molecule has 0 saturated carbocycles. The minimum Gasteiger partial charge on any atom is -0.508 e. The fraction of sp³-hybridized carbons (Fsp3) is 0.105. The Balaban J connectivity index is 1.61. The summed E-state index contributed by atoms with van der Waals surface area (Å²) < 4.78 is 0.413. The highest BCUT2D eigenvalue weighted by molar-refractivity contribution is 8.26. The summed E-state index contributed by atoms with van der Waals surface area (Å²) in [6.07, 6.45) is 1.81. The van der Waals surface area contributed by atoms with E-state index in [-0.39, 0.29) is 30.5 Å². The van der Waals surface area contributed by atoms with Crippen LogP contribution in [0.3, 0.4) is 0 Å². The average molecular weight is 419 g/mol. The first-order chi connectivity index (χ1) is 12.9. The third-order valence-corrected chi connectivity index (χ3v) is 5.50. The number of amides is 2. The van der Waals surface area contributed by atoms with Crippen LogP contribution in [0.15, 0.2) is 53.4 Å². The van der Waals surface area contributed by atoms with Crippen LogP contribution in [0.4, 0.5) is 5.69 Å². The summed E-state index contributed by atoms with van der Waals surface area (Å²) in [7, 11) is 0. The molecule has 0 aliphatic carbocycles. The molecule has 5 nitrogen and oxygen atoms in total. The molecule has 8 heteroatoms. The third kappa shape index (κ3) is 4.88. The minimum absolute atomic E-state index is 0.104. The molecule has 1 fully saturated rings. The first-order valence-corrected chi connectivity index (χ1v) is 9.63. The number of thioether (sulfide) groups is 1. The lowest BCUT2D eigenvalue weighted by atomic mass is 10.2. The molecule has 27 heavy (non-hydrogen) atoms. The van der Waals surface area contributed by atoms with E-state index < -0.39 is 0 Å². The molecular weight excluding hydrogens is 404 g/mol. The van der Waals surface area contributed by atoms with Gasteiger partial charge in [-0.05, 0) is 42.0 Å². The predicted molar refractivity (Wildman–Crippen MR) is 113 cm³/mol. The number of anilines is 1. The first-order valence-electron chi connectivity index (χ1n) is 8.03. The van der Waals surface area contributed by atoms with Gasteiger partial charge in [0.1, 0.15) is 10.1 Å². The molecule has 0 spiro atoms. The third-order valence-electron chi connectivity index (χ3n) is 3.78. The van der Waals surface area contributed by atoms with E-state index >= 15 is 0 Å². The van der Waals surface area contributed by atoms with Gasteiger partial charge in [0.2, 0.25) is 5.91 Å². The summed E-state index contributed by atoms with van der Waals surface area (Å²) in [5, 5.41) is 12.5. The Bertz CT molecular complexity index is 929. The van der Waals surface area contributed by atoms with E-state index in [1.807, 2.05) is 18.2 Å². The molecule has 0 bridgehead atoms. The van der Waals surface area contributed by atoms with Crippen molar-refractivity contribution in [1.29, 1.82) is 0 Å². The van der Waals surface area contributed by atoms with Gasteiger partial charge in [0.05, 0.1) is 4.91 Å². The number of phenols is 1. The Morgan fingerprint density at radius 2 is 1.93 bits per heavy atom. The van der Waals surface area contributed by atoms with Gasteiger partial charge in [0.15, 0.2) is 0 Å². The molecule has 1 heterocycles. The van der Waals surface area contributed by atoms with Crippen molar-refractivity contribution in [3.05, 3.63) is 64.0 Å². The summed E-state index contributed by atoms with van der Waals surface area (Å²) in [5.41, 5.74) is 1.31. The van der Waals surface area contributed by atoms with Gasteiger partial charge in [-0.25, -0.2) is 0 Å². The average Bonchev–Trinajstić information content (AvgIpc) is 2.90.